The van der Waals surface area contributed by atoms with Gasteiger partial charge in [-0.15, -0.1) is 0 Å². The van der Waals surface area contributed by atoms with Crippen molar-refractivity contribution in [2.45, 2.75) is 19.9 Å². The number of phenolic OH excluding ortho intramolecular Hbond substituents is 1. The fraction of sp³-hybridized carbons (Fsp3) is 0.273. The molecule has 1 aliphatic rings. The third kappa shape index (κ3) is 2.77. The maximum atomic E-state index is 13.4. The van der Waals surface area contributed by atoms with E-state index in [9.17, 15) is 14.7 Å². The molecule has 0 saturated carbocycles. The zero-order valence-corrected chi connectivity index (χ0v) is 16.0. The standard InChI is InChI=1S/C22H21NO5/c1-12-10-16-17(11-13(12)2)28-21-18(20(16)25)19(14-4-6-15(24)7-5-14)23(22(21)26)8-9-27-3/h4-7,10-11,19,24H,8-9H2,1-3H3/t19-/m1/s1. The minimum atomic E-state index is -0.583. The van der Waals surface area contributed by atoms with E-state index in [1.807, 2.05) is 19.9 Å². The van der Waals surface area contributed by atoms with Gasteiger partial charge in [-0.25, -0.2) is 0 Å². The molecule has 0 radical (unpaired) electrons. The Labute approximate surface area is 162 Å². The van der Waals surface area contributed by atoms with Gasteiger partial charge in [0.15, 0.2) is 5.43 Å². The highest BCUT2D eigenvalue weighted by Gasteiger charge is 2.42. The van der Waals surface area contributed by atoms with Crippen molar-refractivity contribution in [3.8, 4) is 5.75 Å². The fourth-order valence-electron chi connectivity index (χ4n) is 3.70. The maximum absolute atomic E-state index is 13.4. The van der Waals surface area contributed by atoms with E-state index in [1.54, 1.807) is 42.3 Å². The van der Waals surface area contributed by atoms with E-state index < -0.39 is 6.04 Å². The van der Waals surface area contributed by atoms with Crippen LogP contribution in [0.5, 0.6) is 5.75 Å². The molecule has 1 aliphatic heterocycles. The Morgan fingerprint density at radius 3 is 2.46 bits per heavy atom. The van der Waals surface area contributed by atoms with E-state index in [4.69, 9.17) is 9.15 Å². The maximum Gasteiger partial charge on any atom is 0.290 e. The van der Waals surface area contributed by atoms with Crippen LogP contribution in [0.4, 0.5) is 0 Å². The molecule has 0 bridgehead atoms. The largest absolute Gasteiger partial charge is 0.508 e. The van der Waals surface area contributed by atoms with Crippen molar-refractivity contribution in [2.24, 2.45) is 0 Å². The van der Waals surface area contributed by atoms with Crippen molar-refractivity contribution >= 4 is 16.9 Å². The van der Waals surface area contributed by atoms with Gasteiger partial charge in [0, 0.05) is 13.7 Å². The first kappa shape index (κ1) is 18.3. The number of benzene rings is 2. The number of ether oxygens (including phenoxy) is 1. The average Bonchev–Trinajstić information content (AvgIpc) is 2.95. The number of carbonyl (C=O) groups excluding carboxylic acids is 1. The van der Waals surface area contributed by atoms with Crippen molar-refractivity contribution in [3.63, 3.8) is 0 Å². The lowest BCUT2D eigenvalue weighted by Crippen LogP contribution is -2.32. The molecule has 0 unspecified atom stereocenters. The number of aromatic hydroxyl groups is 1. The second-order valence-electron chi connectivity index (χ2n) is 7.09. The number of methoxy groups -OCH3 is 1. The van der Waals surface area contributed by atoms with Crippen molar-refractivity contribution in [1.82, 2.24) is 4.90 Å². The van der Waals surface area contributed by atoms with Gasteiger partial charge < -0.3 is 19.2 Å². The van der Waals surface area contributed by atoms with Crippen LogP contribution in [0.15, 0.2) is 45.6 Å². The number of amides is 1. The van der Waals surface area contributed by atoms with Gasteiger partial charge >= 0.3 is 0 Å². The highest BCUT2D eigenvalue weighted by atomic mass is 16.5. The summed E-state index contributed by atoms with van der Waals surface area (Å²) < 4.78 is 11.1. The molecule has 1 aromatic heterocycles. The number of fused-ring (bicyclic) bond motifs is 2. The molecule has 2 aromatic carbocycles. The molecule has 2 heterocycles. The Morgan fingerprint density at radius 1 is 1.11 bits per heavy atom. The third-order valence-corrected chi connectivity index (χ3v) is 5.33. The van der Waals surface area contributed by atoms with Gasteiger partial charge in [-0.3, -0.25) is 9.59 Å². The quantitative estimate of drug-likeness (QED) is 0.752. The van der Waals surface area contributed by atoms with Crippen molar-refractivity contribution in [3.05, 3.63) is 74.6 Å². The zero-order valence-electron chi connectivity index (χ0n) is 16.0. The Kier molecular flexibility index (Phi) is 4.43. The Hall–Kier alpha value is -3.12. The molecule has 6 heteroatoms. The van der Waals surface area contributed by atoms with E-state index in [2.05, 4.69) is 0 Å². The Morgan fingerprint density at radius 2 is 1.79 bits per heavy atom. The number of carbonyl (C=O) groups is 1. The molecule has 4 rings (SSSR count). The molecular formula is C22H21NO5. The van der Waals surface area contributed by atoms with Crippen LogP contribution in [0.25, 0.3) is 11.0 Å². The molecule has 3 aromatic rings. The third-order valence-electron chi connectivity index (χ3n) is 5.33. The molecule has 28 heavy (non-hydrogen) atoms. The first-order valence-electron chi connectivity index (χ1n) is 9.09. The molecule has 0 aliphatic carbocycles. The van der Waals surface area contributed by atoms with Crippen LogP contribution in [-0.4, -0.2) is 36.2 Å². The summed E-state index contributed by atoms with van der Waals surface area (Å²) in [6, 6.07) is 9.55. The number of hydrogen-bond acceptors (Lipinski definition) is 5. The van der Waals surface area contributed by atoms with E-state index in [1.165, 1.54) is 0 Å². The normalized spacial score (nSPS) is 16.0. The lowest BCUT2D eigenvalue weighted by molar-refractivity contribution is 0.0663. The topological polar surface area (TPSA) is 80.0 Å². The molecular weight excluding hydrogens is 358 g/mol. The Balaban J connectivity index is 1.98. The summed E-state index contributed by atoms with van der Waals surface area (Å²) in [4.78, 5) is 28.1. The van der Waals surface area contributed by atoms with Gasteiger partial charge in [0.25, 0.3) is 5.91 Å². The lowest BCUT2D eigenvalue weighted by atomic mass is 9.97. The molecule has 1 amide bonds. The molecule has 0 spiro atoms. The average molecular weight is 379 g/mol. The second kappa shape index (κ2) is 6.80. The smallest absolute Gasteiger partial charge is 0.290 e. The van der Waals surface area contributed by atoms with Crippen molar-refractivity contribution in [1.29, 1.82) is 0 Å². The first-order valence-corrected chi connectivity index (χ1v) is 9.09. The monoisotopic (exact) mass is 379 g/mol. The summed E-state index contributed by atoms with van der Waals surface area (Å²) in [7, 11) is 1.56. The number of aryl methyl sites for hydroxylation is 2. The van der Waals surface area contributed by atoms with E-state index in [0.29, 0.717) is 29.7 Å². The summed E-state index contributed by atoms with van der Waals surface area (Å²) in [5.74, 6) is -0.134. The minimum Gasteiger partial charge on any atom is -0.508 e. The molecule has 1 N–H and O–H groups in total. The van der Waals surface area contributed by atoms with Crippen LogP contribution in [-0.2, 0) is 4.74 Å². The van der Waals surface area contributed by atoms with Crippen LogP contribution in [0.2, 0.25) is 0 Å². The number of phenols is 1. The summed E-state index contributed by atoms with van der Waals surface area (Å²) in [6.07, 6.45) is 0. The SMILES string of the molecule is COCCN1C(=O)c2oc3cc(C)c(C)cc3c(=O)c2[C@H]1c1ccc(O)cc1. The fourth-order valence-corrected chi connectivity index (χ4v) is 3.70. The highest BCUT2D eigenvalue weighted by molar-refractivity contribution is 5.99. The van der Waals surface area contributed by atoms with E-state index in [-0.39, 0.29) is 22.8 Å². The minimum absolute atomic E-state index is 0.0786. The molecule has 0 saturated heterocycles. The van der Waals surface area contributed by atoms with Crippen LogP contribution < -0.4 is 5.43 Å². The van der Waals surface area contributed by atoms with Crippen LogP contribution in [0.1, 0.15) is 38.9 Å². The lowest BCUT2D eigenvalue weighted by Gasteiger charge is -2.24. The van der Waals surface area contributed by atoms with Gasteiger partial charge in [-0.2, -0.15) is 0 Å². The van der Waals surface area contributed by atoms with Gasteiger partial charge in [0.05, 0.1) is 23.6 Å². The number of nitrogens with zero attached hydrogens (tertiary/aromatic N) is 1. The summed E-state index contributed by atoms with van der Waals surface area (Å²) in [5.41, 5.74) is 3.26. The highest BCUT2D eigenvalue weighted by Crippen LogP contribution is 2.38. The zero-order chi connectivity index (χ0) is 20.0. The van der Waals surface area contributed by atoms with Gasteiger partial charge in [0.1, 0.15) is 11.3 Å². The molecule has 1 atom stereocenters. The number of rotatable bonds is 4. The number of hydrogen-bond donors (Lipinski definition) is 1. The predicted molar refractivity (Wildman–Crippen MR) is 105 cm³/mol. The van der Waals surface area contributed by atoms with Gasteiger partial charge in [-0.05, 0) is 54.8 Å². The second-order valence-corrected chi connectivity index (χ2v) is 7.09. The van der Waals surface area contributed by atoms with Crippen molar-refractivity contribution in [2.75, 3.05) is 20.3 Å². The molecule has 144 valence electrons. The first-order chi connectivity index (χ1) is 13.4. The predicted octanol–water partition coefficient (Wildman–Crippen LogP) is 3.31. The molecule has 6 nitrogen and oxygen atoms in total. The van der Waals surface area contributed by atoms with Crippen LogP contribution in [0, 0.1) is 13.8 Å². The van der Waals surface area contributed by atoms with E-state index >= 15 is 0 Å². The molecule has 0 fully saturated rings. The van der Waals surface area contributed by atoms with Crippen LogP contribution >= 0.6 is 0 Å². The van der Waals surface area contributed by atoms with Crippen LogP contribution in [0.3, 0.4) is 0 Å². The summed E-state index contributed by atoms with van der Waals surface area (Å²) in [6.45, 7) is 4.53. The Bertz CT molecular complexity index is 1130. The van der Waals surface area contributed by atoms with Crippen molar-refractivity contribution < 1.29 is 19.1 Å². The van der Waals surface area contributed by atoms with Gasteiger partial charge in [-0.1, -0.05) is 12.1 Å². The summed E-state index contributed by atoms with van der Waals surface area (Å²) >= 11 is 0. The van der Waals surface area contributed by atoms with E-state index in [0.717, 1.165) is 16.7 Å². The van der Waals surface area contributed by atoms with Gasteiger partial charge in [0.2, 0.25) is 5.76 Å². The summed E-state index contributed by atoms with van der Waals surface area (Å²) in [5, 5.41) is 10.1.